The van der Waals surface area contributed by atoms with E-state index in [1.54, 1.807) is 42.6 Å². The number of hydrogen-bond donors (Lipinski definition) is 2. The number of hydrogen-bond acceptors (Lipinski definition) is 7. The highest BCUT2D eigenvalue weighted by Gasteiger charge is 2.23. The Balaban J connectivity index is 1.96. The molecule has 0 radical (unpaired) electrons. The Morgan fingerprint density at radius 1 is 1.00 bits per heavy atom. The van der Waals surface area contributed by atoms with Crippen molar-refractivity contribution in [3.63, 3.8) is 0 Å². The summed E-state index contributed by atoms with van der Waals surface area (Å²) in [5, 5.41) is 17.8. The second kappa shape index (κ2) is 6.88. The first kappa shape index (κ1) is 15.6. The maximum absolute atomic E-state index is 11.5. The van der Waals surface area contributed by atoms with Crippen molar-refractivity contribution < 1.29 is 4.92 Å². The molecule has 2 heterocycles. The van der Waals surface area contributed by atoms with Crippen LogP contribution in [-0.2, 0) is 0 Å². The van der Waals surface area contributed by atoms with Crippen LogP contribution in [0.4, 0.5) is 28.7 Å². The van der Waals surface area contributed by atoms with Gasteiger partial charge in [-0.05, 0) is 36.4 Å². The third-order valence-corrected chi connectivity index (χ3v) is 3.29. The largest absolute Gasteiger partial charge is 0.353 e. The van der Waals surface area contributed by atoms with Gasteiger partial charge >= 0.3 is 5.69 Å². The molecule has 0 saturated heterocycles. The average molecular weight is 343 g/mol. The SMILES string of the molecule is O=[N+]([O-])c1c(Nc2ccc(Cl)cc2)ncnc1Nc1cccnc1. The summed E-state index contributed by atoms with van der Waals surface area (Å²) in [5.74, 6) is 0.142. The Labute approximate surface area is 141 Å². The van der Waals surface area contributed by atoms with Gasteiger partial charge in [0.2, 0.25) is 11.6 Å². The van der Waals surface area contributed by atoms with Crippen molar-refractivity contribution in [2.75, 3.05) is 10.6 Å². The zero-order valence-electron chi connectivity index (χ0n) is 12.2. The molecule has 2 N–H and O–H groups in total. The first-order valence-corrected chi connectivity index (χ1v) is 7.20. The van der Waals surface area contributed by atoms with Gasteiger partial charge in [0.15, 0.2) is 0 Å². The van der Waals surface area contributed by atoms with Crippen LogP contribution in [0, 0.1) is 10.1 Å². The molecule has 1 aromatic carbocycles. The number of pyridine rings is 1. The zero-order valence-corrected chi connectivity index (χ0v) is 12.9. The van der Waals surface area contributed by atoms with Crippen molar-refractivity contribution in [3.05, 3.63) is 70.3 Å². The molecule has 120 valence electrons. The van der Waals surface area contributed by atoms with E-state index in [0.717, 1.165) is 0 Å². The van der Waals surface area contributed by atoms with Crippen LogP contribution in [0.25, 0.3) is 0 Å². The lowest BCUT2D eigenvalue weighted by molar-refractivity contribution is -0.383. The summed E-state index contributed by atoms with van der Waals surface area (Å²) in [5.41, 5.74) is 0.932. The van der Waals surface area contributed by atoms with Crippen LogP contribution in [-0.4, -0.2) is 19.9 Å². The van der Waals surface area contributed by atoms with Crippen molar-refractivity contribution >= 4 is 40.3 Å². The van der Waals surface area contributed by atoms with Crippen molar-refractivity contribution in [2.45, 2.75) is 0 Å². The van der Waals surface area contributed by atoms with Gasteiger partial charge in [-0.1, -0.05) is 11.6 Å². The summed E-state index contributed by atoms with van der Waals surface area (Å²) in [7, 11) is 0. The van der Waals surface area contributed by atoms with Gasteiger partial charge in [-0.3, -0.25) is 15.1 Å². The summed E-state index contributed by atoms with van der Waals surface area (Å²) in [6.45, 7) is 0. The van der Waals surface area contributed by atoms with Gasteiger partial charge in [0.25, 0.3) is 0 Å². The van der Waals surface area contributed by atoms with Crippen LogP contribution < -0.4 is 10.6 Å². The van der Waals surface area contributed by atoms with Crippen LogP contribution in [0.2, 0.25) is 5.02 Å². The lowest BCUT2D eigenvalue weighted by atomic mass is 10.3. The monoisotopic (exact) mass is 342 g/mol. The van der Waals surface area contributed by atoms with E-state index < -0.39 is 4.92 Å². The van der Waals surface area contributed by atoms with Gasteiger partial charge < -0.3 is 10.6 Å². The van der Waals surface area contributed by atoms with Gasteiger partial charge in [-0.15, -0.1) is 0 Å². The highest BCUT2D eigenvalue weighted by atomic mass is 35.5. The minimum atomic E-state index is -0.545. The molecular weight excluding hydrogens is 332 g/mol. The van der Waals surface area contributed by atoms with Crippen LogP contribution >= 0.6 is 11.6 Å². The molecule has 0 spiro atoms. The summed E-state index contributed by atoms with van der Waals surface area (Å²) in [4.78, 5) is 22.8. The molecule has 0 bridgehead atoms. The van der Waals surface area contributed by atoms with Crippen molar-refractivity contribution in [1.29, 1.82) is 0 Å². The maximum atomic E-state index is 11.5. The number of benzene rings is 1. The molecule has 9 heteroatoms. The second-order valence-corrected chi connectivity index (χ2v) is 5.11. The minimum Gasteiger partial charge on any atom is -0.334 e. The molecule has 0 aliphatic rings. The lowest BCUT2D eigenvalue weighted by Gasteiger charge is -2.10. The molecule has 0 amide bonds. The molecule has 8 nitrogen and oxygen atoms in total. The highest BCUT2D eigenvalue weighted by molar-refractivity contribution is 6.30. The summed E-state index contributed by atoms with van der Waals surface area (Å²) in [6, 6.07) is 10.2. The molecule has 0 aliphatic carbocycles. The van der Waals surface area contributed by atoms with E-state index in [4.69, 9.17) is 11.6 Å². The number of anilines is 4. The molecule has 0 saturated carbocycles. The third kappa shape index (κ3) is 3.55. The third-order valence-electron chi connectivity index (χ3n) is 3.04. The second-order valence-electron chi connectivity index (χ2n) is 4.68. The Morgan fingerprint density at radius 2 is 1.67 bits per heavy atom. The van der Waals surface area contributed by atoms with E-state index in [1.807, 2.05) is 0 Å². The van der Waals surface area contributed by atoms with Crippen LogP contribution in [0.1, 0.15) is 0 Å². The van der Waals surface area contributed by atoms with E-state index in [9.17, 15) is 10.1 Å². The fraction of sp³-hybridized carbons (Fsp3) is 0. The standard InChI is InChI=1S/C15H11ClN6O2/c16-10-3-5-11(6-4-10)20-14-13(22(23)24)15(19-9-18-14)21-12-2-1-7-17-8-12/h1-9H,(H2,18,19,20,21). The Hall–Kier alpha value is -3.26. The Kier molecular flexibility index (Phi) is 4.48. The molecular formula is C15H11ClN6O2. The van der Waals surface area contributed by atoms with Crippen molar-refractivity contribution in [3.8, 4) is 0 Å². The fourth-order valence-electron chi connectivity index (χ4n) is 1.98. The molecule has 0 unspecified atom stereocenters. The van der Waals surface area contributed by atoms with Gasteiger partial charge in [-0.2, -0.15) is 0 Å². The maximum Gasteiger partial charge on any atom is 0.353 e. The summed E-state index contributed by atoms with van der Waals surface area (Å²) < 4.78 is 0. The van der Waals surface area contributed by atoms with Gasteiger partial charge in [-0.25, -0.2) is 9.97 Å². The topological polar surface area (TPSA) is 106 Å². The fourth-order valence-corrected chi connectivity index (χ4v) is 2.10. The lowest BCUT2D eigenvalue weighted by Crippen LogP contribution is -2.05. The molecule has 0 fully saturated rings. The Bertz CT molecular complexity index is 858. The Morgan fingerprint density at radius 3 is 2.25 bits per heavy atom. The van der Waals surface area contributed by atoms with Crippen LogP contribution in [0.5, 0.6) is 0 Å². The molecule has 3 rings (SSSR count). The molecule has 2 aromatic heterocycles. The number of nitro groups is 1. The van der Waals surface area contributed by atoms with Crippen LogP contribution in [0.15, 0.2) is 55.1 Å². The normalized spacial score (nSPS) is 10.2. The summed E-state index contributed by atoms with van der Waals surface area (Å²) >= 11 is 5.83. The van der Waals surface area contributed by atoms with E-state index in [2.05, 4.69) is 25.6 Å². The first-order chi connectivity index (χ1) is 11.6. The molecule has 3 aromatic rings. The molecule has 0 atom stereocenters. The predicted molar refractivity (Wildman–Crippen MR) is 90.9 cm³/mol. The average Bonchev–Trinajstić information content (AvgIpc) is 2.58. The minimum absolute atomic E-state index is 0.0689. The van der Waals surface area contributed by atoms with E-state index in [-0.39, 0.29) is 17.3 Å². The van der Waals surface area contributed by atoms with E-state index in [0.29, 0.717) is 16.4 Å². The number of nitrogens with one attached hydrogen (secondary N) is 2. The van der Waals surface area contributed by atoms with Crippen LogP contribution in [0.3, 0.4) is 0 Å². The van der Waals surface area contributed by atoms with Crippen molar-refractivity contribution in [2.24, 2.45) is 0 Å². The number of nitrogens with zero attached hydrogens (tertiary/aromatic N) is 4. The van der Waals surface area contributed by atoms with Gasteiger partial charge in [0, 0.05) is 16.9 Å². The number of rotatable bonds is 5. The summed E-state index contributed by atoms with van der Waals surface area (Å²) in [6.07, 6.45) is 4.38. The zero-order chi connectivity index (χ0) is 16.9. The quantitative estimate of drug-likeness (QED) is 0.534. The van der Waals surface area contributed by atoms with E-state index in [1.165, 1.54) is 12.5 Å². The smallest absolute Gasteiger partial charge is 0.334 e. The number of halogens is 1. The first-order valence-electron chi connectivity index (χ1n) is 6.82. The van der Waals surface area contributed by atoms with Gasteiger partial charge in [0.1, 0.15) is 6.33 Å². The van der Waals surface area contributed by atoms with Gasteiger partial charge in [0.05, 0.1) is 16.8 Å². The highest BCUT2D eigenvalue weighted by Crippen LogP contribution is 2.32. The molecule has 0 aliphatic heterocycles. The molecule has 24 heavy (non-hydrogen) atoms. The number of aromatic nitrogens is 3. The van der Waals surface area contributed by atoms with Crippen molar-refractivity contribution in [1.82, 2.24) is 15.0 Å². The van der Waals surface area contributed by atoms with E-state index >= 15 is 0 Å². The predicted octanol–water partition coefficient (Wildman–Crippen LogP) is 3.92.